The Morgan fingerprint density at radius 3 is 2.60 bits per heavy atom. The van der Waals surface area contributed by atoms with Gasteiger partial charge in [-0.15, -0.1) is 0 Å². The number of rotatable bonds is 3. The van der Waals surface area contributed by atoms with Gasteiger partial charge in [0.1, 0.15) is 0 Å². The molecule has 1 fully saturated rings. The van der Waals surface area contributed by atoms with Crippen molar-refractivity contribution in [2.45, 2.75) is 25.4 Å². The second kappa shape index (κ2) is 7.47. The maximum Gasteiger partial charge on any atom is 0.416 e. The number of allylic oxidation sites excluding steroid dienone is 2. The molecule has 1 aromatic rings. The van der Waals surface area contributed by atoms with Crippen LogP contribution in [-0.4, -0.2) is 32.2 Å². The van der Waals surface area contributed by atoms with Crippen LogP contribution < -0.4 is 10.2 Å². The van der Waals surface area contributed by atoms with Crippen molar-refractivity contribution in [2.75, 3.05) is 36.5 Å². The van der Waals surface area contributed by atoms with Crippen LogP contribution in [0.15, 0.2) is 30.4 Å². The van der Waals surface area contributed by atoms with E-state index in [0.717, 1.165) is 18.6 Å². The molecular weight excluding hydrogens is 333 g/mol. The molecule has 0 unspecified atom stereocenters. The van der Waals surface area contributed by atoms with Crippen molar-refractivity contribution in [2.24, 2.45) is 5.92 Å². The van der Waals surface area contributed by atoms with Crippen molar-refractivity contribution < 1.29 is 22.7 Å². The molecule has 0 radical (unpaired) electrons. The molecule has 1 aliphatic carbocycles. The fourth-order valence-corrected chi connectivity index (χ4v) is 3.16. The van der Waals surface area contributed by atoms with E-state index < -0.39 is 11.7 Å². The molecule has 3 rings (SSSR count). The first kappa shape index (κ1) is 17.8. The molecular formula is C18H21F3N2O2. The highest BCUT2D eigenvalue weighted by Crippen LogP contribution is 2.36. The molecule has 0 bridgehead atoms. The van der Waals surface area contributed by atoms with Crippen LogP contribution in [0, 0.1) is 5.92 Å². The molecule has 0 aromatic heterocycles. The first-order valence-corrected chi connectivity index (χ1v) is 8.45. The van der Waals surface area contributed by atoms with E-state index in [9.17, 15) is 18.0 Å². The molecule has 2 aliphatic rings. The lowest BCUT2D eigenvalue weighted by atomic mass is 9.93. The Bertz CT molecular complexity index is 652. The maximum absolute atomic E-state index is 13.1. The molecule has 0 spiro atoms. The number of carbonyl (C=O) groups excluding carboxylic acids is 1. The van der Waals surface area contributed by atoms with Crippen molar-refractivity contribution in [1.29, 1.82) is 0 Å². The summed E-state index contributed by atoms with van der Waals surface area (Å²) in [7, 11) is 0. The minimum atomic E-state index is -4.45. The number of halogens is 3. The van der Waals surface area contributed by atoms with Crippen LogP contribution in [-0.2, 0) is 15.7 Å². The lowest BCUT2D eigenvalue weighted by molar-refractivity contribution is -0.137. The van der Waals surface area contributed by atoms with Gasteiger partial charge >= 0.3 is 6.18 Å². The van der Waals surface area contributed by atoms with Crippen molar-refractivity contribution in [3.63, 3.8) is 0 Å². The summed E-state index contributed by atoms with van der Waals surface area (Å²) in [6.07, 6.45) is 1.68. The van der Waals surface area contributed by atoms with E-state index in [0.29, 0.717) is 44.8 Å². The Balaban J connectivity index is 1.87. The number of anilines is 2. The Morgan fingerprint density at radius 2 is 1.96 bits per heavy atom. The predicted octanol–water partition coefficient (Wildman–Crippen LogP) is 3.84. The van der Waals surface area contributed by atoms with Gasteiger partial charge in [-0.3, -0.25) is 4.79 Å². The van der Waals surface area contributed by atoms with Gasteiger partial charge in [-0.05, 0) is 37.5 Å². The lowest BCUT2D eigenvalue weighted by Crippen LogP contribution is -2.37. The van der Waals surface area contributed by atoms with Crippen molar-refractivity contribution >= 4 is 17.3 Å². The summed E-state index contributed by atoms with van der Waals surface area (Å²) in [5.41, 5.74) is 0.0654. The Kier molecular flexibility index (Phi) is 5.32. The van der Waals surface area contributed by atoms with E-state index >= 15 is 0 Å². The van der Waals surface area contributed by atoms with Crippen LogP contribution in [0.1, 0.15) is 24.8 Å². The van der Waals surface area contributed by atoms with Gasteiger partial charge in [0.2, 0.25) is 5.91 Å². The number of nitrogens with one attached hydrogen (secondary N) is 1. The van der Waals surface area contributed by atoms with Crippen molar-refractivity contribution in [3.8, 4) is 0 Å². The molecule has 1 heterocycles. The number of nitrogens with zero attached hydrogens (tertiary/aromatic N) is 1. The van der Waals surface area contributed by atoms with Crippen LogP contribution >= 0.6 is 0 Å². The zero-order chi connectivity index (χ0) is 17.9. The van der Waals surface area contributed by atoms with Gasteiger partial charge in [-0.2, -0.15) is 13.2 Å². The first-order chi connectivity index (χ1) is 11.9. The third kappa shape index (κ3) is 4.34. The molecule has 1 aromatic carbocycles. The third-order valence-corrected chi connectivity index (χ3v) is 4.57. The monoisotopic (exact) mass is 354 g/mol. The van der Waals surface area contributed by atoms with Crippen LogP contribution in [0.3, 0.4) is 0 Å². The van der Waals surface area contributed by atoms with Crippen LogP contribution in [0.4, 0.5) is 24.5 Å². The highest BCUT2D eigenvalue weighted by molar-refractivity contribution is 5.96. The number of benzene rings is 1. The standard InChI is InChI=1S/C18H21F3N2O2/c19-18(20,21)14-6-7-16(23-8-10-25-11-9-23)15(12-14)22-17(24)13-4-2-1-3-5-13/h1-2,6-7,12-13H,3-5,8-11H2,(H,22,24)/t13-/m1/s1. The van der Waals surface area contributed by atoms with Gasteiger partial charge in [0.25, 0.3) is 0 Å². The number of ether oxygens (including phenoxy) is 1. The average molecular weight is 354 g/mol. The van der Waals surface area contributed by atoms with Gasteiger partial charge in [-0.1, -0.05) is 12.2 Å². The summed E-state index contributed by atoms with van der Waals surface area (Å²) in [6.45, 7) is 2.20. The topological polar surface area (TPSA) is 41.6 Å². The zero-order valence-corrected chi connectivity index (χ0v) is 13.8. The summed E-state index contributed by atoms with van der Waals surface area (Å²) in [5.74, 6) is -0.421. The molecule has 136 valence electrons. The van der Waals surface area contributed by atoms with Gasteiger partial charge in [-0.25, -0.2) is 0 Å². The van der Waals surface area contributed by atoms with Gasteiger partial charge < -0.3 is 15.0 Å². The van der Waals surface area contributed by atoms with Crippen molar-refractivity contribution in [3.05, 3.63) is 35.9 Å². The SMILES string of the molecule is O=C(Nc1cc(C(F)(F)F)ccc1N1CCOCC1)[C@@H]1CC=CCC1. The minimum Gasteiger partial charge on any atom is -0.378 e. The largest absolute Gasteiger partial charge is 0.416 e. The van der Waals surface area contributed by atoms with E-state index in [1.807, 2.05) is 17.1 Å². The summed E-state index contributed by atoms with van der Waals surface area (Å²) < 4.78 is 44.5. The molecule has 1 N–H and O–H groups in total. The predicted molar refractivity (Wildman–Crippen MR) is 89.6 cm³/mol. The average Bonchev–Trinajstić information content (AvgIpc) is 2.62. The van der Waals surface area contributed by atoms with Gasteiger partial charge in [0, 0.05) is 19.0 Å². The van der Waals surface area contributed by atoms with Crippen LogP contribution in [0.2, 0.25) is 0 Å². The maximum atomic E-state index is 13.1. The Hall–Kier alpha value is -2.02. The number of morpholine rings is 1. The van der Waals surface area contributed by atoms with Crippen LogP contribution in [0.5, 0.6) is 0 Å². The number of alkyl halides is 3. The van der Waals surface area contributed by atoms with E-state index in [2.05, 4.69) is 5.32 Å². The van der Waals surface area contributed by atoms with E-state index in [1.54, 1.807) is 0 Å². The highest BCUT2D eigenvalue weighted by atomic mass is 19.4. The number of amides is 1. The van der Waals surface area contributed by atoms with Crippen molar-refractivity contribution in [1.82, 2.24) is 0 Å². The smallest absolute Gasteiger partial charge is 0.378 e. The summed E-state index contributed by atoms with van der Waals surface area (Å²) in [6, 6.07) is 3.52. The zero-order valence-electron chi connectivity index (χ0n) is 13.8. The fraction of sp³-hybridized carbons (Fsp3) is 0.500. The molecule has 1 saturated heterocycles. The third-order valence-electron chi connectivity index (χ3n) is 4.57. The molecule has 25 heavy (non-hydrogen) atoms. The minimum absolute atomic E-state index is 0.197. The second-order valence-electron chi connectivity index (χ2n) is 6.30. The molecule has 7 heteroatoms. The quantitative estimate of drug-likeness (QED) is 0.839. The summed E-state index contributed by atoms with van der Waals surface area (Å²) in [4.78, 5) is 14.4. The van der Waals surface area contributed by atoms with E-state index in [4.69, 9.17) is 4.74 Å². The number of carbonyl (C=O) groups is 1. The molecule has 1 aliphatic heterocycles. The Labute approximate surface area is 144 Å². The van der Waals surface area contributed by atoms with Crippen LogP contribution in [0.25, 0.3) is 0 Å². The normalized spacial score (nSPS) is 21.2. The summed E-state index contributed by atoms with van der Waals surface area (Å²) >= 11 is 0. The molecule has 0 saturated carbocycles. The second-order valence-corrected chi connectivity index (χ2v) is 6.30. The Morgan fingerprint density at radius 1 is 1.20 bits per heavy atom. The lowest BCUT2D eigenvalue weighted by Gasteiger charge is -2.31. The summed E-state index contributed by atoms with van der Waals surface area (Å²) in [5, 5.41) is 2.73. The molecule has 4 nitrogen and oxygen atoms in total. The molecule has 1 atom stereocenters. The first-order valence-electron chi connectivity index (χ1n) is 8.45. The fourth-order valence-electron chi connectivity index (χ4n) is 3.16. The van der Waals surface area contributed by atoms with Gasteiger partial charge in [0.15, 0.2) is 0 Å². The van der Waals surface area contributed by atoms with E-state index in [-0.39, 0.29) is 17.5 Å². The van der Waals surface area contributed by atoms with E-state index in [1.165, 1.54) is 6.07 Å². The molecule has 1 amide bonds. The highest BCUT2D eigenvalue weighted by Gasteiger charge is 2.32. The van der Waals surface area contributed by atoms with Gasteiger partial charge in [0.05, 0.1) is 30.2 Å². The number of hydrogen-bond donors (Lipinski definition) is 1. The number of hydrogen-bond acceptors (Lipinski definition) is 3.